The summed E-state index contributed by atoms with van der Waals surface area (Å²) in [5.41, 5.74) is 0.725. The predicted octanol–water partition coefficient (Wildman–Crippen LogP) is 0.327. The van der Waals surface area contributed by atoms with E-state index < -0.39 is 18.1 Å². The van der Waals surface area contributed by atoms with Gasteiger partial charge in [-0.2, -0.15) is 0 Å². The second kappa shape index (κ2) is 4.32. The zero-order chi connectivity index (χ0) is 11.5. The number of nitrogens with one attached hydrogen (secondary N) is 1. The van der Waals surface area contributed by atoms with Gasteiger partial charge in [-0.1, -0.05) is 30.3 Å². The first-order chi connectivity index (χ1) is 7.68. The van der Waals surface area contributed by atoms with Crippen LogP contribution in [0.3, 0.4) is 0 Å². The topological polar surface area (TPSA) is 75.6 Å². The van der Waals surface area contributed by atoms with Gasteiger partial charge in [-0.3, -0.25) is 4.79 Å². The number of rotatable bonds is 2. The van der Waals surface area contributed by atoms with Crippen molar-refractivity contribution in [1.29, 1.82) is 0 Å². The zero-order valence-corrected chi connectivity index (χ0v) is 8.42. The first-order valence-corrected chi connectivity index (χ1v) is 4.87. The molecule has 0 bridgehead atoms. The van der Waals surface area contributed by atoms with Crippen molar-refractivity contribution >= 4 is 11.9 Å². The summed E-state index contributed by atoms with van der Waals surface area (Å²) < 4.78 is 5.01. The Bertz CT molecular complexity index is 404. The van der Waals surface area contributed by atoms with Gasteiger partial charge in [-0.25, -0.2) is 4.79 Å². The standard InChI is InChI=1S/C11H11NO4/c13-8-6-16-10(11(14)15)9(12-8)7-4-2-1-3-5-7/h1-5,9-10H,6H2,(H,12,13)(H,14,15). The van der Waals surface area contributed by atoms with Crippen molar-refractivity contribution in [3.63, 3.8) is 0 Å². The third-order valence-electron chi connectivity index (χ3n) is 2.42. The Kier molecular flexibility index (Phi) is 2.87. The molecule has 5 heteroatoms. The van der Waals surface area contributed by atoms with E-state index in [1.807, 2.05) is 6.07 Å². The van der Waals surface area contributed by atoms with Gasteiger partial charge in [0.25, 0.3) is 0 Å². The zero-order valence-electron chi connectivity index (χ0n) is 8.42. The van der Waals surface area contributed by atoms with Gasteiger partial charge in [0, 0.05) is 0 Å². The average Bonchev–Trinajstić information content (AvgIpc) is 2.29. The molecule has 0 radical (unpaired) electrons. The molecule has 1 fully saturated rings. The van der Waals surface area contributed by atoms with Gasteiger partial charge in [0.1, 0.15) is 6.61 Å². The molecule has 1 aromatic carbocycles. The van der Waals surface area contributed by atoms with Crippen LogP contribution in [0.15, 0.2) is 30.3 Å². The second-order valence-electron chi connectivity index (χ2n) is 3.53. The van der Waals surface area contributed by atoms with Gasteiger partial charge in [0.15, 0.2) is 6.10 Å². The number of carboxylic acids is 1. The third-order valence-corrected chi connectivity index (χ3v) is 2.42. The van der Waals surface area contributed by atoms with Crippen molar-refractivity contribution < 1.29 is 19.4 Å². The number of benzene rings is 1. The number of carboxylic acid groups (broad SMARTS) is 1. The Hall–Kier alpha value is -1.88. The van der Waals surface area contributed by atoms with Crippen molar-refractivity contribution in [2.75, 3.05) is 6.61 Å². The van der Waals surface area contributed by atoms with Crippen LogP contribution in [-0.4, -0.2) is 29.7 Å². The normalized spacial score (nSPS) is 24.9. The molecule has 2 unspecified atom stereocenters. The highest BCUT2D eigenvalue weighted by atomic mass is 16.5. The molecule has 1 saturated heterocycles. The highest BCUT2D eigenvalue weighted by Crippen LogP contribution is 2.22. The van der Waals surface area contributed by atoms with Crippen LogP contribution in [0.2, 0.25) is 0 Å². The maximum atomic E-state index is 11.2. The molecule has 2 N–H and O–H groups in total. The average molecular weight is 221 g/mol. The van der Waals surface area contributed by atoms with Gasteiger partial charge in [-0.15, -0.1) is 0 Å². The van der Waals surface area contributed by atoms with Crippen LogP contribution in [-0.2, 0) is 14.3 Å². The molecule has 0 aliphatic carbocycles. The van der Waals surface area contributed by atoms with E-state index in [0.29, 0.717) is 0 Å². The van der Waals surface area contributed by atoms with Gasteiger partial charge >= 0.3 is 5.97 Å². The number of amides is 1. The van der Waals surface area contributed by atoms with Gasteiger partial charge in [-0.05, 0) is 5.56 Å². The molecule has 84 valence electrons. The first-order valence-electron chi connectivity index (χ1n) is 4.87. The van der Waals surface area contributed by atoms with E-state index in [1.54, 1.807) is 24.3 Å². The lowest BCUT2D eigenvalue weighted by molar-refractivity contribution is -0.160. The number of carbonyl (C=O) groups is 2. The highest BCUT2D eigenvalue weighted by Gasteiger charge is 2.35. The Balaban J connectivity index is 2.27. The molecular formula is C11H11NO4. The van der Waals surface area contributed by atoms with Crippen LogP contribution in [0.4, 0.5) is 0 Å². The monoisotopic (exact) mass is 221 g/mol. The summed E-state index contributed by atoms with van der Waals surface area (Å²) in [7, 11) is 0. The van der Waals surface area contributed by atoms with E-state index in [2.05, 4.69) is 5.32 Å². The van der Waals surface area contributed by atoms with Gasteiger partial charge < -0.3 is 15.2 Å². The van der Waals surface area contributed by atoms with Crippen molar-refractivity contribution in [3.05, 3.63) is 35.9 Å². The van der Waals surface area contributed by atoms with Crippen LogP contribution in [0.25, 0.3) is 0 Å². The van der Waals surface area contributed by atoms with E-state index in [4.69, 9.17) is 9.84 Å². The van der Waals surface area contributed by atoms with E-state index in [-0.39, 0.29) is 12.5 Å². The van der Waals surface area contributed by atoms with Crippen LogP contribution >= 0.6 is 0 Å². The minimum absolute atomic E-state index is 0.208. The molecule has 0 saturated carbocycles. The molecule has 5 nitrogen and oxygen atoms in total. The molecule has 0 aromatic heterocycles. The van der Waals surface area contributed by atoms with Crippen LogP contribution in [0, 0.1) is 0 Å². The van der Waals surface area contributed by atoms with Crippen molar-refractivity contribution in [1.82, 2.24) is 5.32 Å². The molecule has 16 heavy (non-hydrogen) atoms. The Morgan fingerprint density at radius 2 is 2.06 bits per heavy atom. The lowest BCUT2D eigenvalue weighted by Crippen LogP contribution is -2.49. The quantitative estimate of drug-likeness (QED) is 0.754. The van der Waals surface area contributed by atoms with E-state index in [1.165, 1.54) is 0 Å². The number of hydrogen-bond donors (Lipinski definition) is 2. The SMILES string of the molecule is O=C1COC(C(=O)O)C(c2ccccc2)N1. The van der Waals surface area contributed by atoms with Gasteiger partial charge in [0.05, 0.1) is 6.04 Å². The minimum Gasteiger partial charge on any atom is -0.479 e. The number of morpholine rings is 1. The number of hydrogen-bond acceptors (Lipinski definition) is 3. The van der Waals surface area contributed by atoms with E-state index in [0.717, 1.165) is 5.56 Å². The van der Waals surface area contributed by atoms with Crippen LogP contribution in [0.1, 0.15) is 11.6 Å². The summed E-state index contributed by atoms with van der Waals surface area (Å²) in [5, 5.41) is 11.6. The van der Waals surface area contributed by atoms with Crippen LogP contribution in [0.5, 0.6) is 0 Å². The molecule has 1 aliphatic heterocycles. The van der Waals surface area contributed by atoms with E-state index in [9.17, 15) is 9.59 Å². The van der Waals surface area contributed by atoms with Crippen molar-refractivity contribution in [2.24, 2.45) is 0 Å². The van der Waals surface area contributed by atoms with E-state index >= 15 is 0 Å². The third kappa shape index (κ3) is 2.04. The lowest BCUT2D eigenvalue weighted by Gasteiger charge is -2.29. The summed E-state index contributed by atoms with van der Waals surface area (Å²) >= 11 is 0. The molecule has 0 spiro atoms. The molecule has 2 atom stereocenters. The smallest absolute Gasteiger partial charge is 0.335 e. The largest absolute Gasteiger partial charge is 0.479 e. The maximum Gasteiger partial charge on any atom is 0.335 e. The molecule has 1 heterocycles. The lowest BCUT2D eigenvalue weighted by atomic mass is 10.00. The Morgan fingerprint density at radius 1 is 1.38 bits per heavy atom. The maximum absolute atomic E-state index is 11.2. The first kappa shape index (κ1) is 10.6. The molecular weight excluding hydrogens is 210 g/mol. The fourth-order valence-electron chi connectivity index (χ4n) is 1.68. The summed E-state index contributed by atoms with van der Waals surface area (Å²) in [6, 6.07) is 8.29. The molecule has 1 aliphatic rings. The summed E-state index contributed by atoms with van der Waals surface area (Å²) in [4.78, 5) is 22.2. The number of ether oxygens (including phenoxy) is 1. The summed E-state index contributed by atoms with van der Waals surface area (Å²) in [5.74, 6) is -1.37. The fraction of sp³-hybridized carbons (Fsp3) is 0.273. The summed E-state index contributed by atoms with van der Waals surface area (Å²) in [6.45, 7) is -0.208. The van der Waals surface area contributed by atoms with Crippen molar-refractivity contribution in [3.8, 4) is 0 Å². The fourth-order valence-corrected chi connectivity index (χ4v) is 1.68. The summed E-state index contributed by atoms with van der Waals surface area (Å²) in [6.07, 6.45) is -1.03. The minimum atomic E-state index is -1.08. The predicted molar refractivity (Wildman–Crippen MR) is 54.7 cm³/mol. The number of carbonyl (C=O) groups excluding carboxylic acids is 1. The van der Waals surface area contributed by atoms with Gasteiger partial charge in [0.2, 0.25) is 5.91 Å². The number of aliphatic carboxylic acids is 1. The highest BCUT2D eigenvalue weighted by molar-refractivity contribution is 5.82. The molecule has 1 amide bonds. The molecule has 2 rings (SSSR count). The second-order valence-corrected chi connectivity index (χ2v) is 3.53. The van der Waals surface area contributed by atoms with Crippen molar-refractivity contribution in [2.45, 2.75) is 12.1 Å². The molecule has 1 aromatic rings. The Labute approximate surface area is 92.0 Å². The Morgan fingerprint density at radius 3 is 2.69 bits per heavy atom. The van der Waals surface area contributed by atoms with Crippen LogP contribution < -0.4 is 5.32 Å².